The maximum atomic E-state index is 10.5. The third-order valence-corrected chi connectivity index (χ3v) is 2.20. The predicted molar refractivity (Wildman–Crippen MR) is 59.9 cm³/mol. The molecule has 2 heterocycles. The summed E-state index contributed by atoms with van der Waals surface area (Å²) in [5.41, 5.74) is 1.45. The van der Waals surface area contributed by atoms with Gasteiger partial charge in [0.15, 0.2) is 0 Å². The standard InChI is InChI=1S/C11H10N2O4/c1-7-5-8(6-10(12-7)16-2)9-3-4-11(17-9)13(14)15/h3-6H,1-2H3. The number of furan rings is 1. The average Bonchev–Trinajstić information content (AvgIpc) is 2.77. The van der Waals surface area contributed by atoms with Crippen molar-refractivity contribution in [1.29, 1.82) is 0 Å². The Morgan fingerprint density at radius 3 is 2.76 bits per heavy atom. The van der Waals surface area contributed by atoms with Crippen LogP contribution in [0.25, 0.3) is 11.3 Å². The highest BCUT2D eigenvalue weighted by Crippen LogP contribution is 2.28. The lowest BCUT2D eigenvalue weighted by molar-refractivity contribution is -0.401. The Hall–Kier alpha value is -2.37. The summed E-state index contributed by atoms with van der Waals surface area (Å²) < 4.78 is 10.1. The number of pyridine rings is 1. The van der Waals surface area contributed by atoms with Gasteiger partial charge >= 0.3 is 5.88 Å². The maximum absolute atomic E-state index is 10.5. The van der Waals surface area contributed by atoms with Crippen molar-refractivity contribution in [3.05, 3.63) is 40.1 Å². The van der Waals surface area contributed by atoms with Gasteiger partial charge in [0.25, 0.3) is 0 Å². The van der Waals surface area contributed by atoms with Gasteiger partial charge in [-0.05, 0) is 19.1 Å². The number of aromatic nitrogens is 1. The third kappa shape index (κ3) is 2.25. The molecule has 2 rings (SSSR count). The van der Waals surface area contributed by atoms with Gasteiger partial charge in [-0.3, -0.25) is 10.1 Å². The van der Waals surface area contributed by atoms with Gasteiger partial charge in [-0.15, -0.1) is 0 Å². The van der Waals surface area contributed by atoms with E-state index in [-0.39, 0.29) is 5.88 Å². The Labute approximate surface area is 97.0 Å². The molecule has 0 aromatic carbocycles. The monoisotopic (exact) mass is 234 g/mol. The quantitative estimate of drug-likeness (QED) is 0.602. The minimum absolute atomic E-state index is 0.284. The molecule has 0 spiro atoms. The number of hydrogen-bond donors (Lipinski definition) is 0. The van der Waals surface area contributed by atoms with Gasteiger partial charge in [-0.2, -0.15) is 0 Å². The highest BCUT2D eigenvalue weighted by atomic mass is 16.6. The fraction of sp³-hybridized carbons (Fsp3) is 0.182. The van der Waals surface area contributed by atoms with Crippen LogP contribution in [-0.2, 0) is 0 Å². The number of aryl methyl sites for hydroxylation is 1. The van der Waals surface area contributed by atoms with Gasteiger partial charge in [-0.1, -0.05) is 0 Å². The molecule has 0 aliphatic carbocycles. The van der Waals surface area contributed by atoms with E-state index in [9.17, 15) is 10.1 Å². The predicted octanol–water partition coefficient (Wildman–Crippen LogP) is 2.57. The van der Waals surface area contributed by atoms with Gasteiger partial charge in [-0.25, -0.2) is 4.98 Å². The molecular weight excluding hydrogens is 224 g/mol. The molecule has 0 saturated carbocycles. The van der Waals surface area contributed by atoms with Crippen molar-refractivity contribution in [2.75, 3.05) is 7.11 Å². The lowest BCUT2D eigenvalue weighted by Crippen LogP contribution is -1.90. The number of nitro groups is 1. The number of ether oxygens (including phenoxy) is 1. The second kappa shape index (κ2) is 4.25. The number of rotatable bonds is 3. The number of nitrogens with zero attached hydrogens (tertiary/aromatic N) is 2. The largest absolute Gasteiger partial charge is 0.481 e. The smallest absolute Gasteiger partial charge is 0.433 e. The van der Waals surface area contributed by atoms with E-state index in [1.54, 1.807) is 18.2 Å². The van der Waals surface area contributed by atoms with Crippen LogP contribution in [0, 0.1) is 17.0 Å². The second-order valence-electron chi connectivity index (χ2n) is 3.43. The summed E-state index contributed by atoms with van der Waals surface area (Å²) in [6.07, 6.45) is 0. The zero-order valence-electron chi connectivity index (χ0n) is 9.34. The van der Waals surface area contributed by atoms with Crippen LogP contribution < -0.4 is 4.74 Å². The van der Waals surface area contributed by atoms with Crippen LogP contribution in [0.5, 0.6) is 5.88 Å². The van der Waals surface area contributed by atoms with Crippen LogP contribution in [0.2, 0.25) is 0 Å². The first-order valence-corrected chi connectivity index (χ1v) is 4.87. The second-order valence-corrected chi connectivity index (χ2v) is 3.43. The molecule has 0 atom stereocenters. The molecule has 0 amide bonds. The van der Waals surface area contributed by atoms with Crippen molar-refractivity contribution in [3.63, 3.8) is 0 Å². The molecule has 0 saturated heterocycles. The molecule has 0 unspecified atom stereocenters. The topological polar surface area (TPSA) is 78.4 Å². The van der Waals surface area contributed by atoms with Crippen LogP contribution in [0.15, 0.2) is 28.7 Å². The van der Waals surface area contributed by atoms with Crippen LogP contribution in [0.4, 0.5) is 5.88 Å². The minimum atomic E-state index is -0.575. The average molecular weight is 234 g/mol. The molecule has 2 aromatic heterocycles. The molecule has 6 heteroatoms. The number of hydrogen-bond acceptors (Lipinski definition) is 5. The van der Waals surface area contributed by atoms with Gasteiger partial charge < -0.3 is 9.15 Å². The highest BCUT2D eigenvalue weighted by Gasteiger charge is 2.14. The van der Waals surface area contributed by atoms with Crippen molar-refractivity contribution in [3.8, 4) is 17.2 Å². The van der Waals surface area contributed by atoms with E-state index in [1.165, 1.54) is 13.2 Å². The van der Waals surface area contributed by atoms with Gasteiger partial charge in [0.1, 0.15) is 10.7 Å². The molecule has 17 heavy (non-hydrogen) atoms. The van der Waals surface area contributed by atoms with Crippen LogP contribution in [0.1, 0.15) is 5.69 Å². The summed E-state index contributed by atoms with van der Waals surface area (Å²) in [7, 11) is 1.51. The fourth-order valence-corrected chi connectivity index (χ4v) is 1.47. The zero-order valence-corrected chi connectivity index (χ0v) is 9.34. The van der Waals surface area contributed by atoms with E-state index in [2.05, 4.69) is 4.98 Å². The Bertz CT molecular complexity index is 562. The lowest BCUT2D eigenvalue weighted by Gasteiger charge is -2.02. The zero-order chi connectivity index (χ0) is 12.4. The van der Waals surface area contributed by atoms with Gasteiger partial charge in [0.05, 0.1) is 13.2 Å². The van der Waals surface area contributed by atoms with E-state index in [1.807, 2.05) is 6.92 Å². The molecule has 0 N–H and O–H groups in total. The van der Waals surface area contributed by atoms with Crippen molar-refractivity contribution < 1.29 is 14.1 Å². The summed E-state index contributed by atoms with van der Waals surface area (Å²) in [4.78, 5) is 14.1. The van der Waals surface area contributed by atoms with E-state index in [4.69, 9.17) is 9.15 Å². The van der Waals surface area contributed by atoms with E-state index < -0.39 is 4.92 Å². The first kappa shape index (κ1) is 11.1. The normalized spacial score (nSPS) is 10.2. The summed E-state index contributed by atoms with van der Waals surface area (Å²) >= 11 is 0. The van der Waals surface area contributed by atoms with Crippen LogP contribution >= 0.6 is 0 Å². The molecule has 0 fully saturated rings. The van der Waals surface area contributed by atoms with E-state index in [0.717, 1.165) is 5.69 Å². The lowest BCUT2D eigenvalue weighted by atomic mass is 10.2. The molecular formula is C11H10N2O4. The maximum Gasteiger partial charge on any atom is 0.433 e. The molecule has 0 bridgehead atoms. The molecule has 0 aliphatic heterocycles. The van der Waals surface area contributed by atoms with Crippen molar-refractivity contribution >= 4 is 5.88 Å². The summed E-state index contributed by atoms with van der Waals surface area (Å²) in [6, 6.07) is 6.30. The first-order valence-electron chi connectivity index (χ1n) is 4.87. The van der Waals surface area contributed by atoms with Crippen LogP contribution in [-0.4, -0.2) is 17.0 Å². The Morgan fingerprint density at radius 2 is 2.18 bits per heavy atom. The minimum Gasteiger partial charge on any atom is -0.481 e. The Balaban J connectivity index is 2.44. The molecule has 6 nitrogen and oxygen atoms in total. The SMILES string of the molecule is COc1cc(-c2ccc([N+](=O)[O-])o2)cc(C)n1. The van der Waals surface area contributed by atoms with Crippen LogP contribution in [0.3, 0.4) is 0 Å². The van der Waals surface area contributed by atoms with Crippen molar-refractivity contribution in [2.45, 2.75) is 6.92 Å². The number of methoxy groups -OCH3 is 1. The van der Waals surface area contributed by atoms with Gasteiger partial charge in [0.2, 0.25) is 5.88 Å². The molecule has 88 valence electrons. The summed E-state index contributed by atoms with van der Waals surface area (Å²) in [5.74, 6) is 0.577. The highest BCUT2D eigenvalue weighted by molar-refractivity contribution is 5.60. The van der Waals surface area contributed by atoms with Crippen molar-refractivity contribution in [2.24, 2.45) is 0 Å². The Kier molecular flexibility index (Phi) is 2.78. The fourth-order valence-electron chi connectivity index (χ4n) is 1.47. The molecule has 0 aliphatic rings. The van der Waals surface area contributed by atoms with Gasteiger partial charge in [0, 0.05) is 17.3 Å². The molecule has 2 aromatic rings. The summed E-state index contributed by atoms with van der Waals surface area (Å²) in [6.45, 7) is 1.81. The third-order valence-electron chi connectivity index (χ3n) is 2.20. The van der Waals surface area contributed by atoms with E-state index >= 15 is 0 Å². The molecule has 0 radical (unpaired) electrons. The van der Waals surface area contributed by atoms with Crippen molar-refractivity contribution in [1.82, 2.24) is 4.98 Å². The van der Waals surface area contributed by atoms with E-state index in [0.29, 0.717) is 17.2 Å². The summed E-state index contributed by atoms with van der Waals surface area (Å²) in [5, 5.41) is 10.5. The first-order chi connectivity index (χ1) is 8.10. The Morgan fingerprint density at radius 1 is 1.41 bits per heavy atom.